The van der Waals surface area contributed by atoms with Crippen LogP contribution >= 0.6 is 15.9 Å². The van der Waals surface area contributed by atoms with Crippen molar-refractivity contribution < 1.29 is 0 Å². The van der Waals surface area contributed by atoms with E-state index in [1.54, 1.807) is 0 Å². The van der Waals surface area contributed by atoms with E-state index in [-0.39, 0.29) is 0 Å². The van der Waals surface area contributed by atoms with E-state index in [0.29, 0.717) is 0 Å². The van der Waals surface area contributed by atoms with Crippen LogP contribution in [0.15, 0.2) is 22.8 Å². The molecule has 0 bridgehead atoms. The number of nitrogens with zero attached hydrogens (tertiary/aromatic N) is 1. The van der Waals surface area contributed by atoms with Gasteiger partial charge in [0.1, 0.15) is 0 Å². The lowest BCUT2D eigenvalue weighted by atomic mass is 9.83. The average molecular weight is 212 g/mol. The quantitative estimate of drug-likeness (QED) is 0.696. The van der Waals surface area contributed by atoms with E-state index in [0.717, 1.165) is 10.4 Å². The van der Waals surface area contributed by atoms with E-state index in [1.807, 2.05) is 6.20 Å². The maximum atomic E-state index is 4.35. The Hall–Kier alpha value is -0.370. The van der Waals surface area contributed by atoms with Gasteiger partial charge in [0.2, 0.25) is 0 Å². The Morgan fingerprint density at radius 3 is 2.64 bits per heavy atom. The highest BCUT2D eigenvalue weighted by atomic mass is 79.9. The van der Waals surface area contributed by atoms with Crippen LogP contribution in [0.1, 0.15) is 30.9 Å². The molecule has 0 aromatic carbocycles. The number of hydrogen-bond donors (Lipinski definition) is 0. The first kappa shape index (κ1) is 7.29. The number of pyridine rings is 1. The van der Waals surface area contributed by atoms with Gasteiger partial charge in [0.05, 0.1) is 0 Å². The van der Waals surface area contributed by atoms with Crippen LogP contribution in [-0.2, 0) is 0 Å². The molecule has 1 aliphatic carbocycles. The van der Waals surface area contributed by atoms with E-state index >= 15 is 0 Å². The molecule has 0 spiro atoms. The summed E-state index contributed by atoms with van der Waals surface area (Å²) in [5, 5.41) is 0. The Bertz CT molecular complexity index is 238. The van der Waals surface area contributed by atoms with Crippen molar-refractivity contribution in [3.63, 3.8) is 0 Å². The van der Waals surface area contributed by atoms with Crippen molar-refractivity contribution in [3.8, 4) is 0 Å². The largest absolute Gasteiger partial charge is 0.260 e. The number of rotatable bonds is 1. The predicted molar refractivity (Wildman–Crippen MR) is 48.5 cm³/mol. The molecule has 1 nitrogen and oxygen atoms in total. The number of aromatic nitrogens is 1. The molecule has 0 atom stereocenters. The van der Waals surface area contributed by atoms with Gasteiger partial charge in [-0.25, -0.2) is 0 Å². The highest BCUT2D eigenvalue weighted by Crippen LogP contribution is 2.35. The van der Waals surface area contributed by atoms with E-state index < -0.39 is 0 Å². The first-order chi connectivity index (χ1) is 5.36. The molecule has 0 radical (unpaired) electrons. The minimum absolute atomic E-state index is 0.753. The van der Waals surface area contributed by atoms with Gasteiger partial charge < -0.3 is 0 Å². The van der Waals surface area contributed by atoms with Crippen LogP contribution < -0.4 is 0 Å². The summed E-state index contributed by atoms with van der Waals surface area (Å²) in [4.78, 5) is 4.35. The Balaban J connectivity index is 2.18. The summed E-state index contributed by atoms with van der Waals surface area (Å²) in [7, 11) is 0. The van der Waals surface area contributed by atoms with Crippen LogP contribution in [0.25, 0.3) is 0 Å². The molecule has 11 heavy (non-hydrogen) atoms. The third kappa shape index (κ3) is 1.45. The van der Waals surface area contributed by atoms with Crippen LogP contribution in [0.3, 0.4) is 0 Å². The van der Waals surface area contributed by atoms with Crippen LogP contribution in [0.2, 0.25) is 0 Å². The zero-order chi connectivity index (χ0) is 7.68. The molecule has 2 rings (SSSR count). The first-order valence-corrected chi connectivity index (χ1v) is 4.77. The van der Waals surface area contributed by atoms with Gasteiger partial charge in [-0.05, 0) is 40.9 Å². The summed E-state index contributed by atoms with van der Waals surface area (Å²) in [6, 6.07) is 4.19. The summed E-state index contributed by atoms with van der Waals surface area (Å²) in [5.41, 5.74) is 1.26. The second-order valence-corrected chi connectivity index (χ2v) is 3.94. The van der Waals surface area contributed by atoms with Crippen molar-refractivity contribution >= 4 is 15.9 Å². The molecule has 0 N–H and O–H groups in total. The molecular weight excluding hydrogens is 202 g/mol. The fourth-order valence-corrected chi connectivity index (χ4v) is 1.57. The summed E-state index contributed by atoms with van der Waals surface area (Å²) < 4.78 is 1.07. The van der Waals surface area contributed by atoms with Crippen LogP contribution in [-0.4, -0.2) is 4.98 Å². The maximum absolute atomic E-state index is 4.35. The molecule has 0 unspecified atom stereocenters. The molecule has 58 valence electrons. The van der Waals surface area contributed by atoms with Crippen molar-refractivity contribution in [1.82, 2.24) is 4.98 Å². The molecule has 2 heteroatoms. The van der Waals surface area contributed by atoms with E-state index in [4.69, 9.17) is 0 Å². The molecular formula is C9H10BrN. The number of halogens is 1. The molecule has 1 aromatic heterocycles. The second-order valence-electron chi connectivity index (χ2n) is 3.03. The second kappa shape index (κ2) is 2.94. The first-order valence-electron chi connectivity index (χ1n) is 3.98. The fourth-order valence-electron chi connectivity index (χ4n) is 1.33. The summed E-state index contributed by atoms with van der Waals surface area (Å²) in [5.74, 6) is 0.753. The molecule has 0 amide bonds. The minimum atomic E-state index is 0.753. The highest BCUT2D eigenvalue weighted by molar-refractivity contribution is 9.10. The SMILES string of the molecule is Brc1ccc(C2CCC2)nc1. The maximum Gasteiger partial charge on any atom is 0.0435 e. The predicted octanol–water partition coefficient (Wildman–Crippen LogP) is 3.11. The fraction of sp³-hybridized carbons (Fsp3) is 0.444. The Morgan fingerprint density at radius 1 is 1.36 bits per heavy atom. The van der Waals surface area contributed by atoms with E-state index in [9.17, 15) is 0 Å². The lowest BCUT2D eigenvalue weighted by molar-refractivity contribution is 0.411. The summed E-state index contributed by atoms with van der Waals surface area (Å²) in [6.07, 6.45) is 5.92. The van der Waals surface area contributed by atoms with Gasteiger partial charge in [0.25, 0.3) is 0 Å². The molecule has 1 heterocycles. The summed E-state index contributed by atoms with van der Waals surface area (Å²) in [6.45, 7) is 0. The van der Waals surface area contributed by atoms with Crippen molar-refractivity contribution in [1.29, 1.82) is 0 Å². The third-order valence-corrected chi connectivity index (χ3v) is 2.74. The Labute approximate surface area is 75.0 Å². The van der Waals surface area contributed by atoms with Gasteiger partial charge in [-0.2, -0.15) is 0 Å². The topological polar surface area (TPSA) is 12.9 Å². The molecule has 1 fully saturated rings. The lowest BCUT2D eigenvalue weighted by Crippen LogP contribution is -2.09. The Kier molecular flexibility index (Phi) is 1.95. The lowest BCUT2D eigenvalue weighted by Gasteiger charge is -2.24. The van der Waals surface area contributed by atoms with Crippen LogP contribution in [0.5, 0.6) is 0 Å². The normalized spacial score (nSPS) is 17.9. The molecule has 1 aliphatic rings. The van der Waals surface area contributed by atoms with Crippen LogP contribution in [0.4, 0.5) is 0 Å². The molecule has 1 saturated carbocycles. The molecule has 0 aliphatic heterocycles. The van der Waals surface area contributed by atoms with Crippen molar-refractivity contribution in [3.05, 3.63) is 28.5 Å². The molecule has 0 saturated heterocycles. The van der Waals surface area contributed by atoms with Gasteiger partial charge in [-0.1, -0.05) is 6.42 Å². The standard InChI is InChI=1S/C9H10BrN/c10-8-4-5-9(11-6-8)7-2-1-3-7/h4-7H,1-3H2. The minimum Gasteiger partial charge on any atom is -0.260 e. The zero-order valence-electron chi connectivity index (χ0n) is 6.26. The van der Waals surface area contributed by atoms with Gasteiger partial charge in [-0.15, -0.1) is 0 Å². The van der Waals surface area contributed by atoms with Gasteiger partial charge in [-0.3, -0.25) is 4.98 Å². The van der Waals surface area contributed by atoms with Gasteiger partial charge >= 0.3 is 0 Å². The van der Waals surface area contributed by atoms with Gasteiger partial charge in [0.15, 0.2) is 0 Å². The third-order valence-electron chi connectivity index (χ3n) is 2.27. The van der Waals surface area contributed by atoms with Crippen molar-refractivity contribution in [2.45, 2.75) is 25.2 Å². The van der Waals surface area contributed by atoms with E-state index in [1.165, 1.54) is 25.0 Å². The van der Waals surface area contributed by atoms with Crippen LogP contribution in [0, 0.1) is 0 Å². The average Bonchev–Trinajstić information content (AvgIpc) is 1.90. The molecule has 1 aromatic rings. The highest BCUT2D eigenvalue weighted by Gasteiger charge is 2.19. The monoisotopic (exact) mass is 211 g/mol. The van der Waals surface area contributed by atoms with Crippen molar-refractivity contribution in [2.24, 2.45) is 0 Å². The number of hydrogen-bond acceptors (Lipinski definition) is 1. The summed E-state index contributed by atoms with van der Waals surface area (Å²) >= 11 is 3.37. The van der Waals surface area contributed by atoms with E-state index in [2.05, 4.69) is 33.0 Å². The zero-order valence-corrected chi connectivity index (χ0v) is 7.84. The Morgan fingerprint density at radius 2 is 2.18 bits per heavy atom. The van der Waals surface area contributed by atoms with Crippen molar-refractivity contribution in [2.75, 3.05) is 0 Å². The smallest absolute Gasteiger partial charge is 0.0435 e. The van der Waals surface area contributed by atoms with Gasteiger partial charge in [0, 0.05) is 22.3 Å².